The highest BCUT2D eigenvalue weighted by Crippen LogP contribution is 2.30. The van der Waals surface area contributed by atoms with Crippen LogP contribution in [-0.4, -0.2) is 59.4 Å². The lowest BCUT2D eigenvalue weighted by Crippen LogP contribution is -2.44. The Morgan fingerprint density at radius 1 is 1.18 bits per heavy atom. The Kier molecular flexibility index (Phi) is 8.55. The van der Waals surface area contributed by atoms with Crippen molar-refractivity contribution in [2.45, 2.75) is 50.9 Å². The second-order valence-electron chi connectivity index (χ2n) is 10.5. The molecule has 3 aromatic rings. The lowest BCUT2D eigenvalue weighted by atomic mass is 9.91. The molecule has 0 saturated carbocycles. The Hall–Kier alpha value is -4.22. The number of amides is 2. The summed E-state index contributed by atoms with van der Waals surface area (Å²) in [4.78, 5) is 19.2. The minimum atomic E-state index is -4.46. The van der Waals surface area contributed by atoms with Gasteiger partial charge in [-0.25, -0.2) is 4.79 Å². The van der Waals surface area contributed by atoms with Crippen LogP contribution in [0.3, 0.4) is 0 Å². The SMILES string of the molecule is CN1CCC(NC(=O)Nc2cccc3c2cc(C#CCNc2ccc(C(C)(C)C#N)nc2)n3CC(F)(F)F)CC1. The topological polar surface area (TPSA) is 98.0 Å². The number of hydrogen-bond acceptors (Lipinski definition) is 5. The van der Waals surface area contributed by atoms with Crippen LogP contribution in [0.1, 0.15) is 38.1 Å². The lowest BCUT2D eigenvalue weighted by Gasteiger charge is -2.29. The van der Waals surface area contributed by atoms with Gasteiger partial charge in [-0.15, -0.1) is 0 Å². The summed E-state index contributed by atoms with van der Waals surface area (Å²) in [5, 5.41) is 18.6. The summed E-state index contributed by atoms with van der Waals surface area (Å²) in [5.41, 5.74) is 1.51. The number of nitrogens with one attached hydrogen (secondary N) is 3. The van der Waals surface area contributed by atoms with Gasteiger partial charge in [0.2, 0.25) is 0 Å². The van der Waals surface area contributed by atoms with Crippen molar-refractivity contribution in [1.29, 1.82) is 5.26 Å². The number of anilines is 2. The van der Waals surface area contributed by atoms with Crippen LogP contribution in [-0.2, 0) is 12.0 Å². The zero-order valence-corrected chi connectivity index (χ0v) is 22.7. The summed E-state index contributed by atoms with van der Waals surface area (Å²) in [6, 6.07) is 11.8. The van der Waals surface area contributed by atoms with E-state index in [1.807, 2.05) is 7.05 Å². The molecule has 0 unspecified atom stereocenters. The average Bonchev–Trinajstić information content (AvgIpc) is 3.25. The summed E-state index contributed by atoms with van der Waals surface area (Å²) in [5.74, 6) is 5.72. The molecule has 3 heterocycles. The maximum Gasteiger partial charge on any atom is 0.406 e. The summed E-state index contributed by atoms with van der Waals surface area (Å²) < 4.78 is 41.6. The number of carbonyl (C=O) groups is 1. The zero-order chi connectivity index (χ0) is 28.9. The number of piperidine rings is 1. The minimum Gasteiger partial charge on any atom is -0.373 e. The molecule has 8 nitrogen and oxygen atoms in total. The summed E-state index contributed by atoms with van der Waals surface area (Å²) in [7, 11) is 2.03. The number of fused-ring (bicyclic) bond motifs is 1. The molecule has 1 aliphatic heterocycles. The monoisotopic (exact) mass is 551 g/mol. The predicted octanol–water partition coefficient (Wildman–Crippen LogP) is 5.08. The Labute approximate surface area is 231 Å². The number of urea groups is 1. The smallest absolute Gasteiger partial charge is 0.373 e. The van der Waals surface area contributed by atoms with Gasteiger partial charge in [0.25, 0.3) is 0 Å². The van der Waals surface area contributed by atoms with Gasteiger partial charge in [0.1, 0.15) is 6.54 Å². The molecule has 3 N–H and O–H groups in total. The van der Waals surface area contributed by atoms with Crippen LogP contribution in [0.15, 0.2) is 42.6 Å². The summed E-state index contributed by atoms with van der Waals surface area (Å²) >= 11 is 0. The number of nitrogens with zero attached hydrogens (tertiary/aromatic N) is 4. The highest BCUT2D eigenvalue weighted by atomic mass is 19.4. The first-order valence-electron chi connectivity index (χ1n) is 13.0. The molecule has 0 atom stereocenters. The largest absolute Gasteiger partial charge is 0.406 e. The molecule has 210 valence electrons. The van der Waals surface area contributed by atoms with Gasteiger partial charge >= 0.3 is 12.2 Å². The van der Waals surface area contributed by atoms with Gasteiger partial charge in [0.05, 0.1) is 52.5 Å². The van der Waals surface area contributed by atoms with Crippen LogP contribution in [0, 0.1) is 23.2 Å². The number of carbonyl (C=O) groups excluding carboxylic acids is 1. The molecule has 1 aromatic carbocycles. The van der Waals surface area contributed by atoms with Gasteiger partial charge < -0.3 is 25.4 Å². The van der Waals surface area contributed by atoms with E-state index in [4.69, 9.17) is 0 Å². The van der Waals surface area contributed by atoms with Gasteiger partial charge in [-0.3, -0.25) is 4.98 Å². The van der Waals surface area contributed by atoms with Crippen molar-refractivity contribution in [2.75, 3.05) is 37.3 Å². The maximum atomic E-state index is 13.5. The number of nitriles is 1. The van der Waals surface area contributed by atoms with Crippen molar-refractivity contribution >= 4 is 28.3 Å². The summed E-state index contributed by atoms with van der Waals surface area (Å²) in [6.45, 7) is 4.28. The van der Waals surface area contributed by atoms with Gasteiger partial charge in [-0.2, -0.15) is 18.4 Å². The highest BCUT2D eigenvalue weighted by molar-refractivity contribution is 6.01. The molecule has 0 bridgehead atoms. The molecule has 1 fully saturated rings. The third-order valence-electron chi connectivity index (χ3n) is 6.87. The predicted molar refractivity (Wildman–Crippen MR) is 149 cm³/mol. The van der Waals surface area contributed by atoms with Crippen molar-refractivity contribution in [3.63, 3.8) is 0 Å². The lowest BCUT2D eigenvalue weighted by molar-refractivity contribution is -0.140. The van der Waals surface area contributed by atoms with E-state index in [0.29, 0.717) is 28.0 Å². The van der Waals surface area contributed by atoms with Crippen LogP contribution >= 0.6 is 0 Å². The van der Waals surface area contributed by atoms with Gasteiger partial charge in [0, 0.05) is 11.4 Å². The van der Waals surface area contributed by atoms with Crippen molar-refractivity contribution in [1.82, 2.24) is 19.8 Å². The first-order valence-corrected chi connectivity index (χ1v) is 13.0. The van der Waals surface area contributed by atoms with Crippen LogP contribution in [0.5, 0.6) is 0 Å². The molecule has 1 saturated heterocycles. The third-order valence-corrected chi connectivity index (χ3v) is 6.87. The van der Waals surface area contributed by atoms with E-state index in [1.54, 1.807) is 56.4 Å². The molecular formula is C29H32F3N7O. The molecule has 4 rings (SSSR count). The van der Waals surface area contributed by atoms with Crippen molar-refractivity contribution in [3.05, 3.63) is 54.0 Å². The molecule has 40 heavy (non-hydrogen) atoms. The van der Waals surface area contributed by atoms with E-state index >= 15 is 0 Å². The number of rotatable bonds is 6. The Morgan fingerprint density at radius 3 is 2.58 bits per heavy atom. The molecule has 0 radical (unpaired) electrons. The Bertz CT molecular complexity index is 1450. The second-order valence-corrected chi connectivity index (χ2v) is 10.5. The fraction of sp³-hybridized carbons (Fsp3) is 0.414. The number of hydrogen-bond donors (Lipinski definition) is 3. The van der Waals surface area contributed by atoms with Crippen LogP contribution in [0.2, 0.25) is 0 Å². The fourth-order valence-corrected chi connectivity index (χ4v) is 4.55. The first kappa shape index (κ1) is 28.8. The molecular weight excluding hydrogens is 519 g/mol. The average molecular weight is 552 g/mol. The molecule has 2 aromatic heterocycles. The molecule has 11 heteroatoms. The number of pyridine rings is 1. The third kappa shape index (κ3) is 7.25. The maximum absolute atomic E-state index is 13.5. The number of benzene rings is 1. The minimum absolute atomic E-state index is 0.0448. The number of halogens is 3. The Balaban J connectivity index is 1.51. The summed E-state index contributed by atoms with van der Waals surface area (Å²) in [6.07, 6.45) is -1.20. The molecule has 0 aliphatic carbocycles. The number of likely N-dealkylation sites (tertiary alicyclic amines) is 1. The molecule has 0 spiro atoms. The number of alkyl halides is 3. The van der Waals surface area contributed by atoms with Crippen molar-refractivity contribution < 1.29 is 18.0 Å². The van der Waals surface area contributed by atoms with Gasteiger partial charge in [-0.05, 0) is 83.1 Å². The highest BCUT2D eigenvalue weighted by Gasteiger charge is 2.30. The molecule has 1 aliphatic rings. The van der Waals surface area contributed by atoms with E-state index in [-0.39, 0.29) is 24.3 Å². The quantitative estimate of drug-likeness (QED) is 0.371. The normalized spacial score (nSPS) is 14.7. The standard InChI is InChI=1S/C29H32F3N7O/c1-28(2,18-33)26-10-9-21(17-35-26)34-13-5-6-22-16-23-24(7-4-8-25(23)39(22)19-29(30,31)32)37-27(40)36-20-11-14-38(3)15-12-20/h4,7-10,16-17,20,34H,11-15,19H2,1-3H3,(H2,36,37,40). The fourth-order valence-electron chi connectivity index (χ4n) is 4.55. The second kappa shape index (κ2) is 11.9. The van der Waals surface area contributed by atoms with Gasteiger partial charge in [-0.1, -0.05) is 12.0 Å². The van der Waals surface area contributed by atoms with E-state index in [2.05, 4.69) is 43.7 Å². The van der Waals surface area contributed by atoms with E-state index in [9.17, 15) is 23.2 Å². The van der Waals surface area contributed by atoms with Gasteiger partial charge in [0.15, 0.2) is 0 Å². The van der Waals surface area contributed by atoms with Crippen LogP contribution in [0.25, 0.3) is 10.9 Å². The van der Waals surface area contributed by atoms with Crippen LogP contribution < -0.4 is 16.0 Å². The van der Waals surface area contributed by atoms with Crippen molar-refractivity contribution in [2.24, 2.45) is 0 Å². The van der Waals surface area contributed by atoms with E-state index in [1.165, 1.54) is 0 Å². The van der Waals surface area contributed by atoms with E-state index in [0.717, 1.165) is 30.5 Å². The zero-order valence-electron chi connectivity index (χ0n) is 22.7. The first-order chi connectivity index (χ1) is 18.9. The van der Waals surface area contributed by atoms with E-state index < -0.39 is 18.1 Å². The van der Waals surface area contributed by atoms with Crippen molar-refractivity contribution in [3.8, 4) is 17.9 Å². The Morgan fingerprint density at radius 2 is 1.93 bits per heavy atom. The number of aromatic nitrogens is 2. The van der Waals surface area contributed by atoms with Crippen LogP contribution in [0.4, 0.5) is 29.3 Å². The molecule has 2 amide bonds.